The number of nitrogens with one attached hydrogen (secondary N) is 1. The van der Waals surface area contributed by atoms with Gasteiger partial charge in [-0.05, 0) is 50.6 Å². The number of alkyl halides is 1. The van der Waals surface area contributed by atoms with Gasteiger partial charge in [0.25, 0.3) is 5.91 Å². The van der Waals surface area contributed by atoms with Crippen LogP contribution in [0.4, 0.5) is 19.3 Å². The van der Waals surface area contributed by atoms with Crippen LogP contribution in [0.15, 0.2) is 42.5 Å². The molecule has 0 unspecified atom stereocenters. The SMILES string of the molecule is CC(C)(C)OC(=O)N1CC(C(=O)Nc2ccc(F)cc2F)(N(Cc2ccc(Cl)cc2)C(=O)CCl)C1. The molecule has 0 bridgehead atoms. The van der Waals surface area contributed by atoms with E-state index in [1.165, 1.54) is 9.80 Å². The Hall–Kier alpha value is -2.91. The van der Waals surface area contributed by atoms with Crippen LogP contribution in [-0.2, 0) is 20.9 Å². The lowest BCUT2D eigenvalue weighted by Crippen LogP contribution is -2.77. The average Bonchev–Trinajstić information content (AvgIpc) is 2.73. The minimum atomic E-state index is -1.58. The molecule has 0 atom stereocenters. The van der Waals surface area contributed by atoms with Crippen molar-refractivity contribution in [1.82, 2.24) is 9.80 Å². The third-order valence-corrected chi connectivity index (χ3v) is 5.83. The van der Waals surface area contributed by atoms with Crippen molar-refractivity contribution in [2.75, 3.05) is 24.3 Å². The van der Waals surface area contributed by atoms with E-state index < -0.39 is 46.6 Å². The maximum absolute atomic E-state index is 14.3. The third-order valence-electron chi connectivity index (χ3n) is 5.34. The second kappa shape index (κ2) is 10.4. The second-order valence-corrected chi connectivity index (χ2v) is 9.89. The molecule has 1 heterocycles. The minimum absolute atomic E-state index is 0.0236. The van der Waals surface area contributed by atoms with Crippen LogP contribution in [0.1, 0.15) is 26.3 Å². The molecule has 2 aromatic rings. The first-order valence-electron chi connectivity index (χ1n) is 10.7. The van der Waals surface area contributed by atoms with Crippen LogP contribution < -0.4 is 5.32 Å². The average molecular weight is 528 g/mol. The molecule has 35 heavy (non-hydrogen) atoms. The molecule has 11 heteroatoms. The molecule has 0 aromatic heterocycles. The summed E-state index contributed by atoms with van der Waals surface area (Å²) in [5, 5.41) is 2.91. The Labute approximate surface area is 211 Å². The molecule has 3 rings (SSSR count). The van der Waals surface area contributed by atoms with Crippen LogP contribution >= 0.6 is 23.2 Å². The highest BCUT2D eigenvalue weighted by molar-refractivity contribution is 6.30. The molecule has 3 amide bonds. The number of ether oxygens (including phenoxy) is 1. The van der Waals surface area contributed by atoms with Gasteiger partial charge in [0, 0.05) is 17.6 Å². The van der Waals surface area contributed by atoms with Crippen molar-refractivity contribution in [3.8, 4) is 0 Å². The molecule has 0 aliphatic carbocycles. The lowest BCUT2D eigenvalue weighted by atomic mass is 9.85. The summed E-state index contributed by atoms with van der Waals surface area (Å²) in [6, 6.07) is 9.34. The maximum atomic E-state index is 14.3. The van der Waals surface area contributed by atoms with Gasteiger partial charge in [0.2, 0.25) is 5.91 Å². The standard InChI is InChI=1S/C24H25Cl2F2N3O4/c1-23(2,3)35-22(34)30-13-24(14-30,21(33)29-19-9-8-17(27)10-18(19)28)31(20(32)11-25)12-15-4-6-16(26)7-5-15/h4-10H,11-14H2,1-3H3,(H,29,33). The van der Waals surface area contributed by atoms with Gasteiger partial charge in [-0.15, -0.1) is 11.6 Å². The van der Waals surface area contributed by atoms with Crippen LogP contribution in [0.5, 0.6) is 0 Å². The Morgan fingerprint density at radius 1 is 1.11 bits per heavy atom. The topological polar surface area (TPSA) is 79.0 Å². The number of anilines is 1. The number of hydrogen-bond acceptors (Lipinski definition) is 4. The summed E-state index contributed by atoms with van der Waals surface area (Å²) in [5.74, 6) is -3.54. The molecular formula is C24H25Cl2F2N3O4. The van der Waals surface area contributed by atoms with Gasteiger partial charge in [0.15, 0.2) is 5.54 Å². The van der Waals surface area contributed by atoms with E-state index in [9.17, 15) is 23.2 Å². The predicted molar refractivity (Wildman–Crippen MR) is 128 cm³/mol. The number of amides is 3. The van der Waals surface area contributed by atoms with E-state index in [1.54, 1.807) is 45.0 Å². The van der Waals surface area contributed by atoms with Crippen molar-refractivity contribution >= 4 is 46.8 Å². The first-order chi connectivity index (χ1) is 16.3. The first-order valence-corrected chi connectivity index (χ1v) is 11.6. The smallest absolute Gasteiger partial charge is 0.410 e. The van der Waals surface area contributed by atoms with Gasteiger partial charge in [-0.2, -0.15) is 0 Å². The molecule has 1 N–H and O–H groups in total. The maximum Gasteiger partial charge on any atom is 0.410 e. The fraction of sp³-hybridized carbons (Fsp3) is 0.375. The quantitative estimate of drug-likeness (QED) is 0.546. The van der Waals surface area contributed by atoms with Crippen LogP contribution in [0.3, 0.4) is 0 Å². The summed E-state index contributed by atoms with van der Waals surface area (Å²) < 4.78 is 33.0. The number of nitrogens with zero attached hydrogens (tertiary/aromatic N) is 2. The Morgan fingerprint density at radius 3 is 2.29 bits per heavy atom. The molecule has 7 nitrogen and oxygen atoms in total. The molecule has 1 saturated heterocycles. The van der Waals surface area contributed by atoms with Crippen molar-refractivity contribution in [1.29, 1.82) is 0 Å². The van der Waals surface area contributed by atoms with E-state index in [0.29, 0.717) is 16.7 Å². The van der Waals surface area contributed by atoms with Gasteiger partial charge >= 0.3 is 6.09 Å². The number of carbonyl (C=O) groups excluding carboxylic acids is 3. The number of halogens is 4. The largest absolute Gasteiger partial charge is 0.444 e. The van der Waals surface area contributed by atoms with Gasteiger partial charge < -0.3 is 19.9 Å². The van der Waals surface area contributed by atoms with Crippen molar-refractivity contribution in [3.63, 3.8) is 0 Å². The Balaban J connectivity index is 1.95. The predicted octanol–water partition coefficient (Wildman–Crippen LogP) is 4.81. The highest BCUT2D eigenvalue weighted by Gasteiger charge is 2.57. The molecule has 1 aliphatic rings. The van der Waals surface area contributed by atoms with E-state index in [-0.39, 0.29) is 25.3 Å². The molecule has 0 saturated carbocycles. The van der Waals surface area contributed by atoms with Crippen molar-refractivity contribution in [2.24, 2.45) is 0 Å². The summed E-state index contributed by atoms with van der Waals surface area (Å²) in [5.41, 5.74) is -1.97. The lowest BCUT2D eigenvalue weighted by molar-refractivity contribution is -0.155. The molecule has 1 aliphatic heterocycles. The molecule has 188 valence electrons. The zero-order valence-corrected chi connectivity index (χ0v) is 20.9. The number of hydrogen-bond donors (Lipinski definition) is 1. The molecule has 0 spiro atoms. The van der Waals surface area contributed by atoms with Crippen LogP contribution in [0, 0.1) is 11.6 Å². The lowest BCUT2D eigenvalue weighted by Gasteiger charge is -2.53. The summed E-state index contributed by atoms with van der Waals surface area (Å²) in [7, 11) is 0. The number of rotatable bonds is 6. The Kier molecular flexibility index (Phi) is 7.91. The molecule has 2 aromatic carbocycles. The van der Waals surface area contributed by atoms with Gasteiger partial charge in [-0.1, -0.05) is 23.7 Å². The highest BCUT2D eigenvalue weighted by atomic mass is 35.5. The molecule has 0 radical (unpaired) electrons. The summed E-state index contributed by atoms with van der Waals surface area (Å²) in [6.07, 6.45) is -0.668. The minimum Gasteiger partial charge on any atom is -0.444 e. The third kappa shape index (κ3) is 6.21. The van der Waals surface area contributed by atoms with E-state index in [0.717, 1.165) is 12.1 Å². The molecule has 1 fully saturated rings. The van der Waals surface area contributed by atoms with Crippen molar-refractivity contribution in [2.45, 2.75) is 38.5 Å². The number of likely N-dealkylation sites (tertiary alicyclic amines) is 1. The fourth-order valence-electron chi connectivity index (χ4n) is 3.63. The van der Waals surface area contributed by atoms with E-state index in [4.69, 9.17) is 27.9 Å². The highest BCUT2D eigenvalue weighted by Crippen LogP contribution is 2.33. The Morgan fingerprint density at radius 2 is 1.74 bits per heavy atom. The fourth-order valence-corrected chi connectivity index (χ4v) is 3.90. The Bertz CT molecular complexity index is 1120. The van der Waals surface area contributed by atoms with E-state index >= 15 is 0 Å². The van der Waals surface area contributed by atoms with Crippen molar-refractivity contribution < 1.29 is 27.9 Å². The van der Waals surface area contributed by atoms with Crippen LogP contribution in [0.2, 0.25) is 5.02 Å². The summed E-state index contributed by atoms with van der Waals surface area (Å²) in [6.45, 7) is 4.65. The normalized spacial score (nSPS) is 14.7. The zero-order chi connectivity index (χ0) is 26.0. The van der Waals surface area contributed by atoms with Gasteiger partial charge in [0.05, 0.1) is 18.8 Å². The van der Waals surface area contributed by atoms with Gasteiger partial charge in [-0.3, -0.25) is 9.59 Å². The van der Waals surface area contributed by atoms with Gasteiger partial charge in [0.1, 0.15) is 23.1 Å². The zero-order valence-electron chi connectivity index (χ0n) is 19.4. The van der Waals surface area contributed by atoms with Gasteiger partial charge in [-0.25, -0.2) is 13.6 Å². The first kappa shape index (κ1) is 26.7. The monoisotopic (exact) mass is 527 g/mol. The van der Waals surface area contributed by atoms with Crippen LogP contribution in [-0.4, -0.2) is 57.8 Å². The number of carbonyl (C=O) groups is 3. The number of benzene rings is 2. The summed E-state index contributed by atoms with van der Waals surface area (Å²) >= 11 is 11.8. The second-order valence-electron chi connectivity index (χ2n) is 9.19. The summed E-state index contributed by atoms with van der Waals surface area (Å²) in [4.78, 5) is 41.5. The molecular weight excluding hydrogens is 503 g/mol. The van der Waals surface area contributed by atoms with Crippen LogP contribution in [0.25, 0.3) is 0 Å². The van der Waals surface area contributed by atoms with E-state index in [2.05, 4.69) is 5.32 Å². The van der Waals surface area contributed by atoms with Crippen molar-refractivity contribution in [3.05, 3.63) is 64.7 Å². The van der Waals surface area contributed by atoms with E-state index in [1.807, 2.05) is 0 Å².